The molecular weight excluding hydrogens is 284 g/mol. The molecular formula is C16H24N2O4. The highest BCUT2D eigenvalue weighted by Crippen LogP contribution is 2.31. The summed E-state index contributed by atoms with van der Waals surface area (Å²) in [6, 6.07) is 0. The number of hydroxylamine groups is 2. The Labute approximate surface area is 131 Å². The minimum atomic E-state index is -0.228. The average molecular weight is 308 g/mol. The zero-order valence-electron chi connectivity index (χ0n) is 13.9. The second-order valence-corrected chi connectivity index (χ2v) is 6.12. The quantitative estimate of drug-likeness (QED) is 0.776. The molecule has 0 spiro atoms. The molecule has 1 aromatic rings. The topological polar surface area (TPSA) is 60.9 Å². The highest BCUT2D eigenvalue weighted by atomic mass is 16.7. The molecule has 1 aromatic heterocycles. The van der Waals surface area contributed by atoms with Crippen LogP contribution in [0.2, 0.25) is 0 Å². The number of fused-ring (bicyclic) bond motifs is 1. The van der Waals surface area contributed by atoms with Crippen LogP contribution in [0.5, 0.6) is 0 Å². The van der Waals surface area contributed by atoms with Gasteiger partial charge in [-0.2, -0.15) is 0 Å². The van der Waals surface area contributed by atoms with Crippen molar-refractivity contribution >= 4 is 5.91 Å². The summed E-state index contributed by atoms with van der Waals surface area (Å²) in [5.41, 5.74) is 4.21. The first kappa shape index (κ1) is 16.9. The number of likely N-dealkylation sites (N-methyl/N-ethyl adjacent to an activating group) is 1. The third-order valence-electron chi connectivity index (χ3n) is 3.92. The van der Waals surface area contributed by atoms with E-state index in [1.165, 1.54) is 12.7 Å². The lowest BCUT2D eigenvalue weighted by Gasteiger charge is -2.33. The van der Waals surface area contributed by atoms with Crippen LogP contribution in [0, 0.1) is 6.92 Å². The molecule has 2 heterocycles. The van der Waals surface area contributed by atoms with E-state index in [9.17, 15) is 4.79 Å². The number of nitrogens with zero attached hydrogens (tertiary/aromatic N) is 2. The van der Waals surface area contributed by atoms with Crippen molar-refractivity contribution < 1.29 is 19.1 Å². The Balaban J connectivity index is 2.06. The first-order chi connectivity index (χ1) is 10.3. The van der Waals surface area contributed by atoms with Crippen LogP contribution >= 0.6 is 0 Å². The summed E-state index contributed by atoms with van der Waals surface area (Å²) in [4.78, 5) is 20.9. The largest absolute Gasteiger partial charge is 0.371 e. The Morgan fingerprint density at radius 2 is 2.18 bits per heavy atom. The van der Waals surface area contributed by atoms with Crippen LogP contribution in [0.1, 0.15) is 36.2 Å². The van der Waals surface area contributed by atoms with E-state index in [4.69, 9.17) is 14.3 Å². The summed E-state index contributed by atoms with van der Waals surface area (Å²) < 4.78 is 11.4. The molecule has 2 rings (SSSR count). The zero-order valence-corrected chi connectivity index (χ0v) is 13.9. The molecule has 0 N–H and O–H groups in total. The molecule has 0 bridgehead atoms. The maximum Gasteiger partial charge on any atom is 0.271 e. The van der Waals surface area contributed by atoms with Crippen LogP contribution in [-0.4, -0.2) is 42.3 Å². The lowest BCUT2D eigenvalue weighted by molar-refractivity contribution is -0.173. The van der Waals surface area contributed by atoms with Gasteiger partial charge in [0.2, 0.25) is 0 Å². The van der Waals surface area contributed by atoms with Gasteiger partial charge in [0.1, 0.15) is 6.61 Å². The van der Waals surface area contributed by atoms with Gasteiger partial charge >= 0.3 is 0 Å². The van der Waals surface area contributed by atoms with Gasteiger partial charge < -0.3 is 9.47 Å². The van der Waals surface area contributed by atoms with Crippen molar-refractivity contribution in [2.24, 2.45) is 0 Å². The molecule has 0 aromatic carbocycles. The van der Waals surface area contributed by atoms with Crippen LogP contribution in [-0.2, 0) is 38.7 Å². The molecule has 0 saturated carbocycles. The van der Waals surface area contributed by atoms with E-state index in [1.54, 1.807) is 13.2 Å². The van der Waals surface area contributed by atoms with Crippen molar-refractivity contribution in [3.8, 4) is 0 Å². The summed E-state index contributed by atoms with van der Waals surface area (Å²) in [6.07, 6.45) is 2.64. The second kappa shape index (κ2) is 6.73. The fraction of sp³-hybridized carbons (Fsp3) is 0.625. The third-order valence-corrected chi connectivity index (χ3v) is 3.92. The Morgan fingerprint density at radius 1 is 1.45 bits per heavy atom. The lowest BCUT2D eigenvalue weighted by atomic mass is 9.89. The maximum absolute atomic E-state index is 11.6. The van der Waals surface area contributed by atoms with Gasteiger partial charge in [-0.1, -0.05) is 0 Å². The van der Waals surface area contributed by atoms with Crippen molar-refractivity contribution in [2.45, 2.75) is 46.0 Å². The first-order valence-electron chi connectivity index (χ1n) is 7.32. The van der Waals surface area contributed by atoms with Gasteiger partial charge in [-0.25, -0.2) is 5.06 Å². The molecule has 0 aliphatic carbocycles. The number of amides is 1. The minimum absolute atomic E-state index is 0.0284. The molecule has 6 heteroatoms. The molecule has 22 heavy (non-hydrogen) atoms. The number of carbonyl (C=O) groups is 1. The van der Waals surface area contributed by atoms with E-state index >= 15 is 0 Å². The molecule has 1 aliphatic heterocycles. The maximum atomic E-state index is 11.6. The highest BCUT2D eigenvalue weighted by Gasteiger charge is 2.29. The van der Waals surface area contributed by atoms with Gasteiger partial charge in [0.15, 0.2) is 0 Å². The van der Waals surface area contributed by atoms with E-state index in [1.807, 2.05) is 6.92 Å². The third kappa shape index (κ3) is 3.82. The Kier molecular flexibility index (Phi) is 5.16. The first-order valence-corrected chi connectivity index (χ1v) is 7.32. The average Bonchev–Trinajstić information content (AvgIpc) is 2.48. The van der Waals surface area contributed by atoms with E-state index in [0.29, 0.717) is 13.2 Å². The van der Waals surface area contributed by atoms with Crippen LogP contribution in [0.15, 0.2) is 6.20 Å². The van der Waals surface area contributed by atoms with Gasteiger partial charge in [0.25, 0.3) is 5.91 Å². The summed E-state index contributed by atoms with van der Waals surface area (Å²) >= 11 is 0. The van der Waals surface area contributed by atoms with Gasteiger partial charge in [-0.15, -0.1) is 0 Å². The monoisotopic (exact) mass is 308 g/mol. The van der Waals surface area contributed by atoms with E-state index in [-0.39, 0.29) is 18.1 Å². The van der Waals surface area contributed by atoms with Crippen molar-refractivity contribution in [3.05, 3.63) is 28.6 Å². The molecule has 6 nitrogen and oxygen atoms in total. The summed E-state index contributed by atoms with van der Waals surface area (Å²) in [5, 5.41) is 1.15. The van der Waals surface area contributed by atoms with Crippen molar-refractivity contribution in [1.82, 2.24) is 10.0 Å². The van der Waals surface area contributed by atoms with Gasteiger partial charge in [-0.05, 0) is 31.9 Å². The van der Waals surface area contributed by atoms with Crippen LogP contribution in [0.3, 0.4) is 0 Å². The molecule has 122 valence electrons. The van der Waals surface area contributed by atoms with Crippen molar-refractivity contribution in [2.75, 3.05) is 20.8 Å². The van der Waals surface area contributed by atoms with Crippen LogP contribution in [0.25, 0.3) is 0 Å². The Hall–Kier alpha value is -1.50. The Bertz CT molecular complexity index is 557. The summed E-state index contributed by atoms with van der Waals surface area (Å²) in [7, 11) is 2.99. The Morgan fingerprint density at radius 3 is 2.86 bits per heavy atom. The smallest absolute Gasteiger partial charge is 0.271 e. The normalized spacial score (nSPS) is 16.2. The SMILES string of the molecule is CON(C)C(=O)COCc1cnc(C)c2c1COC(C)(C)C2. The fourth-order valence-corrected chi connectivity index (χ4v) is 2.47. The van der Waals surface area contributed by atoms with Gasteiger partial charge in [0.05, 0.1) is 25.9 Å². The molecule has 0 unspecified atom stereocenters. The molecule has 1 amide bonds. The predicted molar refractivity (Wildman–Crippen MR) is 81.0 cm³/mol. The minimum Gasteiger partial charge on any atom is -0.371 e. The number of rotatable bonds is 5. The van der Waals surface area contributed by atoms with Crippen LogP contribution < -0.4 is 0 Å². The molecule has 0 saturated heterocycles. The standard InChI is InChI=1S/C16H24N2O4/c1-11-13-6-16(2,3)22-9-14(13)12(7-17-11)8-21-10-15(19)18(4)20-5/h7H,6,8-10H2,1-5H3. The van der Waals surface area contributed by atoms with E-state index < -0.39 is 0 Å². The van der Waals surface area contributed by atoms with E-state index in [0.717, 1.165) is 28.3 Å². The highest BCUT2D eigenvalue weighted by molar-refractivity contribution is 5.76. The zero-order chi connectivity index (χ0) is 16.3. The number of carbonyl (C=O) groups excluding carboxylic acids is 1. The number of pyridine rings is 1. The second-order valence-electron chi connectivity index (χ2n) is 6.12. The molecule has 0 atom stereocenters. The lowest BCUT2D eigenvalue weighted by Crippen LogP contribution is -2.33. The molecule has 1 aliphatic rings. The molecule has 0 radical (unpaired) electrons. The number of hydrogen-bond donors (Lipinski definition) is 0. The number of aromatic nitrogens is 1. The summed E-state index contributed by atoms with van der Waals surface area (Å²) in [6.45, 7) is 7.04. The van der Waals surface area contributed by atoms with Gasteiger partial charge in [0, 0.05) is 30.9 Å². The van der Waals surface area contributed by atoms with Crippen molar-refractivity contribution in [3.63, 3.8) is 0 Å². The predicted octanol–water partition coefficient (Wildman–Crippen LogP) is 1.78. The number of aryl methyl sites for hydroxylation is 1. The van der Waals surface area contributed by atoms with E-state index in [2.05, 4.69) is 18.8 Å². The van der Waals surface area contributed by atoms with Crippen LogP contribution in [0.4, 0.5) is 0 Å². The van der Waals surface area contributed by atoms with Crippen molar-refractivity contribution in [1.29, 1.82) is 0 Å². The molecule has 0 fully saturated rings. The number of ether oxygens (including phenoxy) is 2. The summed E-state index contributed by atoms with van der Waals surface area (Å²) in [5.74, 6) is -0.228. The van der Waals surface area contributed by atoms with Gasteiger partial charge in [-0.3, -0.25) is 14.6 Å². The number of hydrogen-bond acceptors (Lipinski definition) is 5. The fourth-order valence-electron chi connectivity index (χ4n) is 2.47.